The van der Waals surface area contributed by atoms with Gasteiger partial charge >= 0.3 is 12.1 Å². The van der Waals surface area contributed by atoms with Crippen molar-refractivity contribution >= 4 is 17.6 Å². The van der Waals surface area contributed by atoms with Gasteiger partial charge in [0.05, 0.1) is 5.56 Å². The first-order chi connectivity index (χ1) is 12.7. The van der Waals surface area contributed by atoms with Gasteiger partial charge in [0.1, 0.15) is 18.6 Å². The molecule has 0 bridgehead atoms. The maximum absolute atomic E-state index is 10.5. The zero-order valence-electron chi connectivity index (χ0n) is 13.4. The van der Waals surface area contributed by atoms with Crippen molar-refractivity contribution in [3.8, 4) is 11.4 Å². The van der Waals surface area contributed by atoms with Crippen molar-refractivity contribution in [3.05, 3.63) is 36.8 Å². The molecule has 1 N–H and O–H groups in total. The molecule has 0 aliphatic carbocycles. The van der Waals surface area contributed by atoms with Crippen LogP contribution in [0.25, 0.3) is 17.0 Å². The summed E-state index contributed by atoms with van der Waals surface area (Å²) in [6.07, 6.45) is -0.176. The fourth-order valence-corrected chi connectivity index (χ4v) is 1.78. The Morgan fingerprint density at radius 1 is 1.26 bits per heavy atom. The SMILES string of the molecule is O=C(O)CC[n+]1ccc(-c2nnc3cccnn23)cn1.O=C([O-])C(F)(F)F. The third kappa shape index (κ3) is 5.42. The van der Waals surface area contributed by atoms with Gasteiger partial charge in [0, 0.05) is 12.3 Å². The summed E-state index contributed by atoms with van der Waals surface area (Å²) < 4.78 is 34.7. The number of carbonyl (C=O) groups is 2. The Kier molecular flexibility index (Phi) is 5.95. The van der Waals surface area contributed by atoms with Crippen LogP contribution in [0.15, 0.2) is 36.8 Å². The van der Waals surface area contributed by atoms with E-state index in [1.54, 1.807) is 39.9 Å². The van der Waals surface area contributed by atoms with Crippen LogP contribution in [0.5, 0.6) is 0 Å². The van der Waals surface area contributed by atoms with E-state index in [9.17, 15) is 18.0 Å². The predicted octanol–water partition coefficient (Wildman–Crippen LogP) is -0.753. The van der Waals surface area contributed by atoms with Crippen LogP contribution in [0.2, 0.25) is 0 Å². The van der Waals surface area contributed by atoms with Gasteiger partial charge in [-0.1, -0.05) is 4.68 Å². The Hall–Kier alpha value is -3.64. The molecule has 3 aromatic rings. The Balaban J connectivity index is 0.000000321. The average molecular weight is 384 g/mol. The van der Waals surface area contributed by atoms with Crippen molar-refractivity contribution in [1.29, 1.82) is 0 Å². The van der Waals surface area contributed by atoms with E-state index in [-0.39, 0.29) is 6.42 Å². The van der Waals surface area contributed by atoms with Gasteiger partial charge in [0.25, 0.3) is 0 Å². The molecule has 0 saturated heterocycles. The number of aliphatic carboxylic acids is 2. The molecule has 0 aliphatic heterocycles. The summed E-state index contributed by atoms with van der Waals surface area (Å²) in [4.78, 5) is 19.3. The number of rotatable bonds is 4. The number of alkyl halides is 3. The molecule has 27 heavy (non-hydrogen) atoms. The van der Waals surface area contributed by atoms with Crippen molar-refractivity contribution in [1.82, 2.24) is 24.9 Å². The first-order valence-corrected chi connectivity index (χ1v) is 7.21. The third-order valence-electron chi connectivity index (χ3n) is 2.99. The minimum atomic E-state index is -5.19. The second-order valence-electron chi connectivity index (χ2n) is 4.92. The highest BCUT2D eigenvalue weighted by Crippen LogP contribution is 2.14. The molecule has 142 valence electrons. The summed E-state index contributed by atoms with van der Waals surface area (Å²) >= 11 is 0. The number of halogens is 3. The lowest BCUT2D eigenvalue weighted by Crippen LogP contribution is -2.38. The van der Waals surface area contributed by atoms with Crippen molar-refractivity contribution in [2.75, 3.05) is 0 Å². The van der Waals surface area contributed by atoms with E-state index >= 15 is 0 Å². The number of fused-ring (bicyclic) bond motifs is 1. The van der Waals surface area contributed by atoms with Gasteiger partial charge in [-0.3, -0.25) is 4.79 Å². The molecule has 0 fully saturated rings. The number of hydrogen-bond donors (Lipinski definition) is 1. The molecule has 0 radical (unpaired) electrons. The Labute approximate surface area is 148 Å². The molecule has 0 saturated carbocycles. The summed E-state index contributed by atoms with van der Waals surface area (Å²) in [7, 11) is 0. The largest absolute Gasteiger partial charge is 0.542 e. The van der Waals surface area contributed by atoms with Gasteiger partial charge in [0.15, 0.2) is 24.2 Å². The molecular formula is C14H11F3N6O4. The Morgan fingerprint density at radius 3 is 2.52 bits per heavy atom. The third-order valence-corrected chi connectivity index (χ3v) is 2.99. The highest BCUT2D eigenvalue weighted by Gasteiger charge is 2.28. The lowest BCUT2D eigenvalue weighted by atomic mass is 10.3. The van der Waals surface area contributed by atoms with Crippen molar-refractivity contribution in [2.45, 2.75) is 19.1 Å². The van der Waals surface area contributed by atoms with E-state index < -0.39 is 18.1 Å². The van der Waals surface area contributed by atoms with E-state index in [4.69, 9.17) is 15.0 Å². The smallest absolute Gasteiger partial charge is 0.430 e. The number of carbonyl (C=O) groups excluding carboxylic acids is 1. The van der Waals surface area contributed by atoms with Crippen molar-refractivity contribution < 1.29 is 37.7 Å². The van der Waals surface area contributed by atoms with Crippen LogP contribution in [0.1, 0.15) is 6.42 Å². The van der Waals surface area contributed by atoms with E-state index in [1.807, 2.05) is 6.07 Å². The molecule has 0 spiro atoms. The van der Waals surface area contributed by atoms with Gasteiger partial charge < -0.3 is 15.0 Å². The minimum absolute atomic E-state index is 0.0342. The summed E-state index contributed by atoms with van der Waals surface area (Å²) in [5.41, 5.74) is 1.42. The average Bonchev–Trinajstić information content (AvgIpc) is 3.04. The molecule has 10 nitrogen and oxygen atoms in total. The van der Waals surface area contributed by atoms with Gasteiger partial charge in [-0.15, -0.1) is 10.2 Å². The van der Waals surface area contributed by atoms with E-state index in [2.05, 4.69) is 20.4 Å². The van der Waals surface area contributed by atoms with Crippen LogP contribution in [-0.2, 0) is 16.1 Å². The van der Waals surface area contributed by atoms with Crippen LogP contribution in [-0.4, -0.2) is 48.1 Å². The van der Waals surface area contributed by atoms with Gasteiger partial charge in [-0.2, -0.15) is 22.8 Å². The standard InChI is InChI=1S/C12H10N6O2.C2HF3O2/c19-11(20)4-7-17-6-3-9(8-14-17)12-16-15-10-2-1-5-13-18(10)12;3-2(4,5)1(6)7/h1-3,5-6,8H,4,7H2;(H,6,7). The Morgan fingerprint density at radius 2 is 1.96 bits per heavy atom. The molecule has 3 aromatic heterocycles. The maximum Gasteiger partial charge on any atom is 0.430 e. The minimum Gasteiger partial charge on any atom is -0.542 e. The summed E-state index contributed by atoms with van der Waals surface area (Å²) in [6.45, 7) is 0.328. The number of carboxylic acid groups (broad SMARTS) is 2. The zero-order chi connectivity index (χ0) is 20.0. The Bertz CT molecular complexity index is 942. The number of aryl methyl sites for hydroxylation is 1. The van der Waals surface area contributed by atoms with Crippen LogP contribution in [0.3, 0.4) is 0 Å². The summed E-state index contributed by atoms with van der Waals surface area (Å²) in [6, 6.07) is 5.41. The van der Waals surface area contributed by atoms with Gasteiger partial charge in [0.2, 0.25) is 0 Å². The molecule has 0 unspecified atom stereocenters. The van der Waals surface area contributed by atoms with Crippen LogP contribution < -0.4 is 9.79 Å². The molecular weight excluding hydrogens is 373 g/mol. The lowest BCUT2D eigenvalue weighted by Gasteiger charge is -2.03. The van der Waals surface area contributed by atoms with Crippen LogP contribution in [0.4, 0.5) is 13.2 Å². The van der Waals surface area contributed by atoms with Crippen molar-refractivity contribution in [2.24, 2.45) is 0 Å². The molecule has 0 atom stereocenters. The summed E-state index contributed by atoms with van der Waals surface area (Å²) in [5.74, 6) is -3.26. The first kappa shape index (κ1) is 19.7. The van der Waals surface area contributed by atoms with Gasteiger partial charge in [-0.05, 0) is 17.2 Å². The van der Waals surface area contributed by atoms with Crippen LogP contribution in [0, 0.1) is 0 Å². The predicted molar refractivity (Wildman–Crippen MR) is 77.5 cm³/mol. The van der Waals surface area contributed by atoms with Crippen molar-refractivity contribution in [3.63, 3.8) is 0 Å². The molecule has 13 heteroatoms. The highest BCUT2D eigenvalue weighted by atomic mass is 19.4. The quantitative estimate of drug-likeness (QED) is 0.580. The van der Waals surface area contributed by atoms with E-state index in [0.717, 1.165) is 5.56 Å². The fourth-order valence-electron chi connectivity index (χ4n) is 1.78. The summed E-state index contributed by atoms with van der Waals surface area (Å²) in [5, 5.41) is 33.8. The normalized spacial score (nSPS) is 10.9. The molecule has 0 aromatic carbocycles. The lowest BCUT2D eigenvalue weighted by molar-refractivity contribution is -0.752. The zero-order valence-corrected chi connectivity index (χ0v) is 13.4. The second kappa shape index (κ2) is 8.16. The topological polar surface area (TPSA) is 137 Å². The fraction of sp³-hybridized carbons (Fsp3) is 0.214. The monoisotopic (exact) mass is 384 g/mol. The number of carboxylic acids is 2. The molecule has 3 rings (SSSR count). The molecule has 0 aliphatic rings. The molecule has 0 amide bonds. The maximum atomic E-state index is 10.5. The highest BCUT2D eigenvalue weighted by molar-refractivity contribution is 5.70. The first-order valence-electron chi connectivity index (χ1n) is 7.21. The van der Waals surface area contributed by atoms with Gasteiger partial charge in [-0.25, -0.2) is 0 Å². The van der Waals surface area contributed by atoms with E-state index in [1.165, 1.54) is 0 Å². The number of aromatic nitrogens is 6. The van der Waals surface area contributed by atoms with Crippen LogP contribution >= 0.6 is 0 Å². The molecule has 3 heterocycles. The van der Waals surface area contributed by atoms with E-state index in [0.29, 0.717) is 18.0 Å². The number of hydrogen-bond acceptors (Lipinski definition) is 7. The second-order valence-corrected chi connectivity index (χ2v) is 4.92. The number of nitrogens with zero attached hydrogens (tertiary/aromatic N) is 6.